The molecule has 0 radical (unpaired) electrons. The minimum absolute atomic E-state index is 0.0328. The third-order valence-electron chi connectivity index (χ3n) is 4.85. The van der Waals surface area contributed by atoms with Gasteiger partial charge in [0.1, 0.15) is 5.75 Å². The van der Waals surface area contributed by atoms with Crippen LogP contribution in [0.5, 0.6) is 5.75 Å². The van der Waals surface area contributed by atoms with Gasteiger partial charge < -0.3 is 14.8 Å². The van der Waals surface area contributed by atoms with Crippen LogP contribution in [0, 0.1) is 0 Å². The van der Waals surface area contributed by atoms with E-state index >= 15 is 0 Å². The van der Waals surface area contributed by atoms with E-state index in [0.717, 1.165) is 12.0 Å². The van der Waals surface area contributed by atoms with Crippen LogP contribution in [-0.2, 0) is 20.4 Å². The maximum Gasteiger partial charge on any atom is 0.338 e. The molecule has 0 heterocycles. The summed E-state index contributed by atoms with van der Waals surface area (Å²) in [5.74, 6) is 0.0854. The van der Waals surface area contributed by atoms with Crippen molar-refractivity contribution in [3.63, 3.8) is 0 Å². The van der Waals surface area contributed by atoms with Crippen molar-refractivity contribution in [1.29, 1.82) is 0 Å². The van der Waals surface area contributed by atoms with E-state index in [4.69, 9.17) is 9.47 Å². The molecule has 1 N–H and O–H groups in total. The minimum Gasteiger partial charge on any atom is -0.483 e. The lowest BCUT2D eigenvalue weighted by Gasteiger charge is -2.27. The van der Waals surface area contributed by atoms with E-state index in [2.05, 4.69) is 59.0 Å². The number of carbonyl (C=O) groups excluding carboxylic acids is 2. The number of rotatable bonds is 7. The van der Waals surface area contributed by atoms with Crippen LogP contribution in [0.15, 0.2) is 42.5 Å². The smallest absolute Gasteiger partial charge is 0.338 e. The Bertz CT molecular complexity index is 902. The second-order valence-electron chi connectivity index (χ2n) is 9.76. The van der Waals surface area contributed by atoms with E-state index < -0.39 is 0 Å². The van der Waals surface area contributed by atoms with Crippen molar-refractivity contribution in [3.05, 3.63) is 59.2 Å². The molecule has 2 aromatic carbocycles. The maximum absolute atomic E-state index is 12.4. The summed E-state index contributed by atoms with van der Waals surface area (Å²) in [5, 5.41) is 2.80. The summed E-state index contributed by atoms with van der Waals surface area (Å²) in [6.45, 7) is 15.2. The van der Waals surface area contributed by atoms with Gasteiger partial charge in [0.2, 0.25) is 0 Å². The van der Waals surface area contributed by atoms with Gasteiger partial charge in [0.15, 0.2) is 6.61 Å². The van der Waals surface area contributed by atoms with Gasteiger partial charge in [0.05, 0.1) is 12.2 Å². The zero-order valence-electron chi connectivity index (χ0n) is 19.8. The number of ether oxygens (including phenoxy) is 2. The van der Waals surface area contributed by atoms with Crippen molar-refractivity contribution in [2.45, 2.75) is 65.7 Å². The molecular weight excluding hydrogens is 390 g/mol. The summed E-state index contributed by atoms with van der Waals surface area (Å²) in [6.07, 6.45) is 0.774. The molecule has 0 fully saturated rings. The Morgan fingerprint density at radius 3 is 2.10 bits per heavy atom. The Morgan fingerprint density at radius 1 is 0.903 bits per heavy atom. The number of carbonyl (C=O) groups is 2. The molecule has 5 nitrogen and oxygen atoms in total. The number of amides is 1. The summed E-state index contributed by atoms with van der Waals surface area (Å²) in [7, 11) is 0. The molecule has 0 aliphatic carbocycles. The summed E-state index contributed by atoms with van der Waals surface area (Å²) in [4.78, 5) is 24.3. The predicted octanol–water partition coefficient (Wildman–Crippen LogP) is 5.87. The quantitative estimate of drug-likeness (QED) is 0.564. The molecule has 5 heteroatoms. The first-order valence-electron chi connectivity index (χ1n) is 10.8. The first kappa shape index (κ1) is 24.4. The van der Waals surface area contributed by atoms with Crippen molar-refractivity contribution in [2.75, 3.05) is 18.5 Å². The highest BCUT2D eigenvalue weighted by molar-refractivity contribution is 5.93. The van der Waals surface area contributed by atoms with Crippen LogP contribution in [0.3, 0.4) is 0 Å². The van der Waals surface area contributed by atoms with E-state index in [1.165, 1.54) is 5.56 Å². The Hall–Kier alpha value is -2.82. The number of anilines is 1. The van der Waals surface area contributed by atoms with Crippen molar-refractivity contribution in [2.24, 2.45) is 0 Å². The van der Waals surface area contributed by atoms with Crippen LogP contribution < -0.4 is 10.1 Å². The van der Waals surface area contributed by atoms with Crippen molar-refractivity contribution >= 4 is 17.6 Å². The first-order valence-corrected chi connectivity index (χ1v) is 10.8. The lowest BCUT2D eigenvalue weighted by atomic mass is 9.80. The van der Waals surface area contributed by atoms with E-state index in [1.54, 1.807) is 24.3 Å². The molecule has 0 saturated carbocycles. The number of nitrogens with one attached hydrogen (secondary N) is 1. The summed E-state index contributed by atoms with van der Waals surface area (Å²) >= 11 is 0. The molecule has 0 saturated heterocycles. The molecule has 31 heavy (non-hydrogen) atoms. The van der Waals surface area contributed by atoms with E-state index in [-0.39, 0.29) is 29.3 Å². The Morgan fingerprint density at radius 2 is 1.55 bits per heavy atom. The minimum atomic E-state index is -0.364. The molecule has 0 atom stereocenters. The molecule has 2 aromatic rings. The Kier molecular flexibility index (Phi) is 7.88. The van der Waals surface area contributed by atoms with Crippen LogP contribution in [0.25, 0.3) is 0 Å². The Labute approximate surface area is 186 Å². The van der Waals surface area contributed by atoms with Crippen molar-refractivity contribution in [3.8, 4) is 5.75 Å². The third-order valence-corrected chi connectivity index (χ3v) is 4.85. The normalized spacial score (nSPS) is 11.7. The fourth-order valence-corrected chi connectivity index (χ4v) is 3.02. The standard InChI is InChI=1S/C26H35NO4/c1-8-15-30-24(29)18-9-12-20(13-10-18)27-23(28)17-31-22-14-11-19(25(2,3)4)16-21(22)26(5,6)7/h9-14,16H,8,15,17H2,1-7H3,(H,27,28). The molecule has 0 bridgehead atoms. The number of esters is 1. The van der Waals surface area contributed by atoms with Gasteiger partial charge in [-0.2, -0.15) is 0 Å². The van der Waals surface area contributed by atoms with Gasteiger partial charge in [-0.25, -0.2) is 4.79 Å². The molecule has 168 valence electrons. The molecule has 0 aliphatic heterocycles. The third kappa shape index (κ3) is 7.12. The van der Waals surface area contributed by atoms with Gasteiger partial charge in [0.25, 0.3) is 5.91 Å². The lowest BCUT2D eigenvalue weighted by molar-refractivity contribution is -0.118. The van der Waals surface area contributed by atoms with Crippen LogP contribution in [0.4, 0.5) is 5.69 Å². The van der Waals surface area contributed by atoms with Crippen molar-refractivity contribution in [1.82, 2.24) is 0 Å². The SMILES string of the molecule is CCCOC(=O)c1ccc(NC(=O)COc2ccc(C(C)(C)C)cc2C(C)(C)C)cc1. The van der Waals surface area contributed by atoms with Gasteiger partial charge in [-0.15, -0.1) is 0 Å². The van der Waals surface area contributed by atoms with Gasteiger partial charge in [-0.1, -0.05) is 60.6 Å². The second-order valence-corrected chi connectivity index (χ2v) is 9.76. The predicted molar refractivity (Wildman–Crippen MR) is 125 cm³/mol. The lowest BCUT2D eigenvalue weighted by Crippen LogP contribution is -2.22. The number of hydrogen-bond donors (Lipinski definition) is 1. The topological polar surface area (TPSA) is 64.6 Å². The zero-order chi connectivity index (χ0) is 23.2. The summed E-state index contributed by atoms with van der Waals surface area (Å²) in [6, 6.07) is 12.8. The van der Waals surface area contributed by atoms with Gasteiger partial charge in [-0.05, 0) is 58.7 Å². The van der Waals surface area contributed by atoms with Crippen LogP contribution in [0.2, 0.25) is 0 Å². The largest absolute Gasteiger partial charge is 0.483 e. The van der Waals surface area contributed by atoms with Gasteiger partial charge in [0, 0.05) is 5.69 Å². The van der Waals surface area contributed by atoms with Gasteiger partial charge >= 0.3 is 5.97 Å². The average Bonchev–Trinajstić information content (AvgIpc) is 2.69. The fourth-order valence-electron chi connectivity index (χ4n) is 3.02. The molecular formula is C26H35NO4. The molecule has 0 aliphatic rings. The molecule has 0 spiro atoms. The van der Waals surface area contributed by atoms with Crippen LogP contribution in [0.1, 0.15) is 76.4 Å². The van der Waals surface area contributed by atoms with Crippen LogP contribution >= 0.6 is 0 Å². The average molecular weight is 426 g/mol. The van der Waals surface area contributed by atoms with Crippen LogP contribution in [-0.4, -0.2) is 25.1 Å². The number of hydrogen-bond acceptors (Lipinski definition) is 4. The maximum atomic E-state index is 12.4. The molecule has 0 unspecified atom stereocenters. The summed E-state index contributed by atoms with van der Waals surface area (Å²) in [5.41, 5.74) is 3.27. The fraction of sp³-hybridized carbons (Fsp3) is 0.462. The monoisotopic (exact) mass is 425 g/mol. The zero-order valence-corrected chi connectivity index (χ0v) is 19.8. The number of benzene rings is 2. The first-order chi connectivity index (χ1) is 14.4. The van der Waals surface area contributed by atoms with Crippen molar-refractivity contribution < 1.29 is 19.1 Å². The highest BCUT2D eigenvalue weighted by Crippen LogP contribution is 2.35. The summed E-state index contributed by atoms with van der Waals surface area (Å²) < 4.78 is 11.0. The second kappa shape index (κ2) is 9.99. The molecule has 0 aromatic heterocycles. The Balaban J connectivity index is 2.03. The molecule has 2 rings (SSSR count). The van der Waals surface area contributed by atoms with E-state index in [0.29, 0.717) is 23.6 Å². The van der Waals surface area contributed by atoms with Gasteiger partial charge in [-0.3, -0.25) is 4.79 Å². The van der Waals surface area contributed by atoms with E-state index in [1.807, 2.05) is 13.0 Å². The van der Waals surface area contributed by atoms with E-state index in [9.17, 15) is 9.59 Å². The highest BCUT2D eigenvalue weighted by Gasteiger charge is 2.23. The highest BCUT2D eigenvalue weighted by atomic mass is 16.5. The molecule has 1 amide bonds.